The van der Waals surface area contributed by atoms with Gasteiger partial charge in [0.2, 0.25) is 5.91 Å². The van der Waals surface area contributed by atoms with E-state index in [4.69, 9.17) is 9.47 Å². The third-order valence-electron chi connectivity index (χ3n) is 6.04. The second kappa shape index (κ2) is 15.0. The molecule has 218 valence electrons. The number of thioether (sulfide) groups is 1. The van der Waals surface area contributed by atoms with Gasteiger partial charge >= 0.3 is 5.97 Å². The first-order chi connectivity index (χ1) is 20.9. The van der Waals surface area contributed by atoms with E-state index >= 15 is 0 Å². The van der Waals surface area contributed by atoms with Crippen molar-refractivity contribution in [3.05, 3.63) is 126 Å². The Bertz CT molecular complexity index is 1620. The summed E-state index contributed by atoms with van der Waals surface area (Å²) in [6.07, 6.45) is 1.58. The van der Waals surface area contributed by atoms with Crippen molar-refractivity contribution < 1.29 is 28.7 Å². The topological polar surface area (TPSA) is 123 Å². The van der Waals surface area contributed by atoms with Gasteiger partial charge in [0.1, 0.15) is 11.4 Å². The fourth-order valence-electron chi connectivity index (χ4n) is 3.86. The molecule has 0 aliphatic carbocycles. The van der Waals surface area contributed by atoms with Crippen molar-refractivity contribution >= 4 is 52.9 Å². The number of carbonyl (C=O) groups excluding carboxylic acids is 4. The number of nitrogens with one attached hydrogen (secondary N) is 3. The average Bonchev–Trinajstić information content (AvgIpc) is 3.04. The molecule has 0 fully saturated rings. The molecule has 4 aromatic carbocycles. The van der Waals surface area contributed by atoms with Crippen LogP contribution in [0.5, 0.6) is 5.75 Å². The van der Waals surface area contributed by atoms with Crippen LogP contribution in [0.1, 0.15) is 26.3 Å². The molecule has 4 aromatic rings. The summed E-state index contributed by atoms with van der Waals surface area (Å²) in [5.74, 6) is -0.998. The lowest BCUT2D eigenvalue weighted by molar-refractivity contribution is -0.114. The maximum absolute atomic E-state index is 13.3. The van der Waals surface area contributed by atoms with Crippen LogP contribution in [-0.4, -0.2) is 43.7 Å². The molecule has 0 spiro atoms. The number of para-hydroxylation sites is 1. The molecular formula is C33H29N3O6S. The van der Waals surface area contributed by atoms with Gasteiger partial charge in [-0.2, -0.15) is 0 Å². The monoisotopic (exact) mass is 595 g/mol. The zero-order valence-corrected chi connectivity index (χ0v) is 24.3. The van der Waals surface area contributed by atoms with E-state index in [2.05, 4.69) is 16.0 Å². The Morgan fingerprint density at radius 3 is 2.12 bits per heavy atom. The Morgan fingerprint density at radius 1 is 0.767 bits per heavy atom. The number of rotatable bonds is 11. The summed E-state index contributed by atoms with van der Waals surface area (Å²) in [4.78, 5) is 51.4. The third kappa shape index (κ3) is 8.82. The summed E-state index contributed by atoms with van der Waals surface area (Å²) in [6.45, 7) is 0. The first-order valence-corrected chi connectivity index (χ1v) is 14.1. The van der Waals surface area contributed by atoms with E-state index in [9.17, 15) is 19.2 Å². The normalized spacial score (nSPS) is 10.8. The van der Waals surface area contributed by atoms with Gasteiger partial charge in [0.05, 0.1) is 31.2 Å². The molecule has 0 aromatic heterocycles. The van der Waals surface area contributed by atoms with Crippen molar-refractivity contribution in [1.82, 2.24) is 5.32 Å². The summed E-state index contributed by atoms with van der Waals surface area (Å²) in [6, 6.07) is 29.2. The molecule has 0 heterocycles. The maximum Gasteiger partial charge on any atom is 0.339 e. The van der Waals surface area contributed by atoms with E-state index in [1.165, 1.54) is 18.9 Å². The van der Waals surface area contributed by atoms with Gasteiger partial charge in [-0.3, -0.25) is 14.4 Å². The van der Waals surface area contributed by atoms with Gasteiger partial charge in [0.15, 0.2) is 0 Å². The van der Waals surface area contributed by atoms with Crippen molar-refractivity contribution in [2.45, 2.75) is 4.90 Å². The molecule has 43 heavy (non-hydrogen) atoms. The molecule has 4 rings (SSSR count). The number of benzene rings is 4. The summed E-state index contributed by atoms with van der Waals surface area (Å²) >= 11 is 1.29. The van der Waals surface area contributed by atoms with E-state index in [-0.39, 0.29) is 22.9 Å². The van der Waals surface area contributed by atoms with E-state index in [0.29, 0.717) is 28.3 Å². The number of ether oxygens (including phenoxy) is 2. The SMILES string of the molecule is COC(=O)c1ccccc1NC(=O)CSc1ccc(NC(=O)/C(=C/c2ccc(OC)cc2)NC(=O)c2ccccc2)cc1. The van der Waals surface area contributed by atoms with Gasteiger partial charge in [0, 0.05) is 16.1 Å². The standard InChI is InChI=1S/C33H29N3O6S/c1-41-25-16-12-22(13-17-25)20-29(36-31(38)23-8-4-3-5-9-23)32(39)34-24-14-18-26(19-15-24)43-21-30(37)35-28-11-7-6-10-27(28)33(40)42-2/h3-20H,21H2,1-2H3,(H,34,39)(H,35,37)(H,36,38)/b29-20-. The maximum atomic E-state index is 13.3. The van der Waals surface area contributed by atoms with Gasteiger partial charge in [-0.15, -0.1) is 11.8 Å². The van der Waals surface area contributed by atoms with Crippen LogP contribution in [0.4, 0.5) is 11.4 Å². The highest BCUT2D eigenvalue weighted by atomic mass is 32.2. The van der Waals surface area contributed by atoms with Crippen LogP contribution in [0, 0.1) is 0 Å². The van der Waals surface area contributed by atoms with Crippen LogP contribution in [0.2, 0.25) is 0 Å². The Labute approximate surface area is 253 Å². The molecule has 0 atom stereocenters. The van der Waals surface area contributed by atoms with Crippen LogP contribution in [0.15, 0.2) is 114 Å². The largest absolute Gasteiger partial charge is 0.497 e. The molecule has 0 aliphatic rings. The minimum absolute atomic E-state index is 0.0568. The van der Waals surface area contributed by atoms with E-state index in [0.717, 1.165) is 4.90 Å². The van der Waals surface area contributed by atoms with E-state index in [1.807, 2.05) is 0 Å². The highest BCUT2D eigenvalue weighted by Crippen LogP contribution is 2.22. The summed E-state index contributed by atoms with van der Waals surface area (Å²) in [7, 11) is 2.84. The number of anilines is 2. The van der Waals surface area contributed by atoms with Crippen molar-refractivity contribution in [1.29, 1.82) is 0 Å². The Kier molecular flexibility index (Phi) is 10.7. The fourth-order valence-corrected chi connectivity index (χ4v) is 4.56. The summed E-state index contributed by atoms with van der Waals surface area (Å²) in [5.41, 5.74) is 2.30. The minimum atomic E-state index is -0.539. The van der Waals surface area contributed by atoms with Gasteiger partial charge in [-0.25, -0.2) is 4.79 Å². The summed E-state index contributed by atoms with van der Waals surface area (Å²) < 4.78 is 9.96. The predicted octanol–water partition coefficient (Wildman–Crippen LogP) is 5.62. The molecule has 0 radical (unpaired) electrons. The Hall–Kier alpha value is -5.35. The zero-order chi connectivity index (χ0) is 30.6. The molecule has 0 bridgehead atoms. The molecule has 0 unspecified atom stereocenters. The lowest BCUT2D eigenvalue weighted by atomic mass is 10.1. The molecular weight excluding hydrogens is 566 g/mol. The number of amides is 3. The lowest BCUT2D eigenvalue weighted by Gasteiger charge is -2.12. The molecule has 3 N–H and O–H groups in total. The summed E-state index contributed by atoms with van der Waals surface area (Å²) in [5, 5.41) is 8.25. The van der Waals surface area contributed by atoms with Crippen LogP contribution >= 0.6 is 11.8 Å². The van der Waals surface area contributed by atoms with Gasteiger partial charge < -0.3 is 25.4 Å². The smallest absolute Gasteiger partial charge is 0.339 e. The first kappa shape index (κ1) is 30.6. The predicted molar refractivity (Wildman–Crippen MR) is 167 cm³/mol. The van der Waals surface area contributed by atoms with Crippen LogP contribution < -0.4 is 20.7 Å². The van der Waals surface area contributed by atoms with Crippen molar-refractivity contribution in [2.75, 3.05) is 30.6 Å². The van der Waals surface area contributed by atoms with Crippen molar-refractivity contribution in [3.63, 3.8) is 0 Å². The number of methoxy groups -OCH3 is 2. The van der Waals surface area contributed by atoms with Crippen LogP contribution in [-0.2, 0) is 14.3 Å². The van der Waals surface area contributed by atoms with Crippen molar-refractivity contribution in [2.24, 2.45) is 0 Å². The molecule has 9 nitrogen and oxygen atoms in total. The Morgan fingerprint density at radius 2 is 1.44 bits per heavy atom. The highest BCUT2D eigenvalue weighted by Gasteiger charge is 2.16. The van der Waals surface area contributed by atoms with Gasteiger partial charge in [0.25, 0.3) is 11.8 Å². The number of hydrogen-bond donors (Lipinski definition) is 3. The molecule has 3 amide bonds. The lowest BCUT2D eigenvalue weighted by Crippen LogP contribution is -2.30. The number of hydrogen-bond acceptors (Lipinski definition) is 7. The van der Waals surface area contributed by atoms with Gasteiger partial charge in [-0.1, -0.05) is 42.5 Å². The molecule has 0 saturated carbocycles. The highest BCUT2D eigenvalue weighted by molar-refractivity contribution is 8.00. The van der Waals surface area contributed by atoms with Crippen LogP contribution in [0.3, 0.4) is 0 Å². The Balaban J connectivity index is 1.40. The third-order valence-corrected chi connectivity index (χ3v) is 7.06. The van der Waals surface area contributed by atoms with Crippen LogP contribution in [0.25, 0.3) is 6.08 Å². The fraction of sp³-hybridized carbons (Fsp3) is 0.0909. The van der Waals surface area contributed by atoms with E-state index in [1.54, 1.807) is 116 Å². The van der Waals surface area contributed by atoms with Gasteiger partial charge in [-0.05, 0) is 72.3 Å². The van der Waals surface area contributed by atoms with Crippen molar-refractivity contribution in [3.8, 4) is 5.75 Å². The minimum Gasteiger partial charge on any atom is -0.497 e. The molecule has 0 aliphatic heterocycles. The number of esters is 1. The average molecular weight is 596 g/mol. The quantitative estimate of drug-likeness (QED) is 0.117. The van der Waals surface area contributed by atoms with E-state index < -0.39 is 17.8 Å². The first-order valence-electron chi connectivity index (χ1n) is 13.1. The second-order valence-corrected chi connectivity index (χ2v) is 10.1. The zero-order valence-electron chi connectivity index (χ0n) is 23.5. The molecule has 10 heteroatoms. The second-order valence-electron chi connectivity index (χ2n) is 9.00. The number of carbonyl (C=O) groups is 4. The molecule has 0 saturated heterocycles.